The molecule has 0 unspecified atom stereocenters. The molecule has 202 valence electrons. The number of benzene rings is 2. The molecule has 1 N–H and O–H groups in total. The van der Waals surface area contributed by atoms with Gasteiger partial charge in [-0.1, -0.05) is 23.7 Å². The van der Waals surface area contributed by atoms with Gasteiger partial charge >= 0.3 is 5.97 Å². The van der Waals surface area contributed by atoms with Crippen LogP contribution in [0, 0.1) is 0 Å². The van der Waals surface area contributed by atoms with Gasteiger partial charge in [-0.05, 0) is 55.2 Å². The molecule has 2 aliphatic rings. The van der Waals surface area contributed by atoms with Crippen LogP contribution in [0.1, 0.15) is 42.7 Å². The number of dihydropyridines is 1. The summed E-state index contributed by atoms with van der Waals surface area (Å²) >= 11 is 6.17. The van der Waals surface area contributed by atoms with Gasteiger partial charge in [0.2, 0.25) is 0 Å². The highest BCUT2D eigenvalue weighted by molar-refractivity contribution is 6.31. The quantitative estimate of drug-likeness (QED) is 0.324. The van der Waals surface area contributed by atoms with Crippen molar-refractivity contribution in [1.82, 2.24) is 5.32 Å². The third kappa shape index (κ3) is 5.10. The van der Waals surface area contributed by atoms with Crippen molar-refractivity contribution in [3.8, 4) is 5.75 Å². The van der Waals surface area contributed by atoms with E-state index in [1.165, 1.54) is 19.4 Å². The predicted molar refractivity (Wildman–Crippen MR) is 146 cm³/mol. The highest BCUT2D eigenvalue weighted by atomic mass is 35.5. The highest BCUT2D eigenvalue weighted by Crippen LogP contribution is 2.45. The fourth-order valence-electron chi connectivity index (χ4n) is 5.36. The molecular weight excluding hydrogens is 522 g/mol. The van der Waals surface area contributed by atoms with E-state index in [0.717, 1.165) is 5.56 Å². The Labute approximate surface area is 230 Å². The molecule has 2 heterocycles. The molecule has 5 rings (SSSR count). The van der Waals surface area contributed by atoms with Crippen LogP contribution < -0.4 is 15.5 Å². The van der Waals surface area contributed by atoms with Crippen molar-refractivity contribution < 1.29 is 28.2 Å². The van der Waals surface area contributed by atoms with Crippen molar-refractivity contribution in [2.24, 2.45) is 0 Å². The van der Waals surface area contributed by atoms with E-state index in [2.05, 4.69) is 5.32 Å². The number of Topliss-reactive ketones (excluding diaryl/α,β-unsaturated/α-hetero) is 1. The van der Waals surface area contributed by atoms with Crippen LogP contribution in [-0.4, -0.2) is 39.2 Å². The van der Waals surface area contributed by atoms with Crippen molar-refractivity contribution in [3.63, 3.8) is 0 Å². The van der Waals surface area contributed by atoms with Crippen molar-refractivity contribution in [2.75, 3.05) is 27.4 Å². The molecule has 0 spiro atoms. The number of fused-ring (bicyclic) bond motifs is 1. The Hall–Kier alpha value is -3.88. The number of ether oxygens (including phenoxy) is 3. The summed E-state index contributed by atoms with van der Waals surface area (Å²) in [4.78, 5) is 41.0. The standard InChI is InChI=1S/C30H28ClNO7/c1-16-26(30(35)38-10-9-36-2)27(22-15-39-25-8-7-19(31)14-21(25)29(22)34)28-23(32-16)12-18(13-24(28)33)17-5-4-6-20(11-17)37-3/h4-8,11,14-15,18,27,32H,9-10,12-13H2,1-3H3/t18-,27+/m0/s1. The molecular formula is C30H28ClNO7. The number of rotatable bonds is 7. The van der Waals surface area contributed by atoms with Crippen LogP contribution in [0.15, 0.2) is 80.5 Å². The summed E-state index contributed by atoms with van der Waals surface area (Å²) in [7, 11) is 3.11. The Bertz CT molecular complexity index is 1590. The van der Waals surface area contributed by atoms with Crippen LogP contribution in [0.2, 0.25) is 5.02 Å². The number of methoxy groups -OCH3 is 2. The second kappa shape index (κ2) is 11.1. The zero-order chi connectivity index (χ0) is 27.7. The van der Waals surface area contributed by atoms with Gasteiger partial charge in [0.25, 0.3) is 0 Å². The van der Waals surface area contributed by atoms with Gasteiger partial charge < -0.3 is 23.9 Å². The number of hydrogen-bond acceptors (Lipinski definition) is 8. The Balaban J connectivity index is 1.64. The lowest BCUT2D eigenvalue weighted by atomic mass is 9.72. The number of ketones is 1. The van der Waals surface area contributed by atoms with Crippen molar-refractivity contribution in [3.05, 3.63) is 97.6 Å². The Kier molecular flexibility index (Phi) is 7.59. The Morgan fingerprint density at radius 1 is 1.10 bits per heavy atom. The van der Waals surface area contributed by atoms with E-state index in [1.54, 1.807) is 26.2 Å². The van der Waals surface area contributed by atoms with E-state index >= 15 is 0 Å². The smallest absolute Gasteiger partial charge is 0.336 e. The first kappa shape index (κ1) is 26.7. The van der Waals surface area contributed by atoms with Gasteiger partial charge in [-0.25, -0.2) is 4.79 Å². The first-order valence-corrected chi connectivity index (χ1v) is 12.9. The maximum absolute atomic E-state index is 13.8. The lowest BCUT2D eigenvalue weighted by Gasteiger charge is -2.36. The minimum Gasteiger partial charge on any atom is -0.497 e. The zero-order valence-electron chi connectivity index (χ0n) is 21.8. The van der Waals surface area contributed by atoms with E-state index in [1.807, 2.05) is 24.3 Å². The summed E-state index contributed by atoms with van der Waals surface area (Å²) in [5.74, 6) is -1.16. The second-order valence-corrected chi connectivity index (χ2v) is 10.0. The lowest BCUT2D eigenvalue weighted by molar-refractivity contribution is -0.140. The molecule has 0 saturated carbocycles. The van der Waals surface area contributed by atoms with Crippen molar-refractivity contribution >= 4 is 34.3 Å². The molecule has 9 heteroatoms. The molecule has 0 radical (unpaired) electrons. The topological polar surface area (TPSA) is 104 Å². The molecule has 2 atom stereocenters. The average Bonchev–Trinajstić information content (AvgIpc) is 2.93. The molecule has 0 saturated heterocycles. The van der Waals surface area contributed by atoms with Gasteiger partial charge in [0.1, 0.15) is 17.9 Å². The summed E-state index contributed by atoms with van der Waals surface area (Å²) in [6.07, 6.45) is 2.05. The van der Waals surface area contributed by atoms with Crippen LogP contribution >= 0.6 is 11.6 Å². The largest absolute Gasteiger partial charge is 0.497 e. The van der Waals surface area contributed by atoms with Crippen LogP contribution in [-0.2, 0) is 19.1 Å². The van der Waals surface area contributed by atoms with Crippen LogP contribution in [0.5, 0.6) is 5.75 Å². The van der Waals surface area contributed by atoms with E-state index in [4.69, 9.17) is 30.2 Å². The molecule has 1 aromatic heterocycles. The summed E-state index contributed by atoms with van der Waals surface area (Å²) < 4.78 is 21.6. The molecule has 3 aromatic rings. The normalized spacial score (nSPS) is 19.1. The summed E-state index contributed by atoms with van der Waals surface area (Å²) in [5.41, 5.74) is 2.86. The molecule has 2 aromatic carbocycles. The van der Waals surface area contributed by atoms with E-state index in [9.17, 15) is 14.4 Å². The number of allylic oxidation sites excluding steroid dienone is 3. The predicted octanol–water partition coefficient (Wildman–Crippen LogP) is 5.01. The van der Waals surface area contributed by atoms with Gasteiger partial charge in [0, 0.05) is 41.1 Å². The van der Waals surface area contributed by atoms with E-state index < -0.39 is 11.9 Å². The molecule has 1 aliphatic heterocycles. The number of hydrogen-bond donors (Lipinski definition) is 1. The van der Waals surface area contributed by atoms with E-state index in [-0.39, 0.29) is 53.3 Å². The number of halogens is 1. The monoisotopic (exact) mass is 549 g/mol. The number of carbonyl (C=O) groups excluding carboxylic acids is 2. The minimum atomic E-state index is -0.963. The summed E-state index contributed by atoms with van der Waals surface area (Å²) in [5, 5.41) is 3.92. The van der Waals surface area contributed by atoms with E-state index in [0.29, 0.717) is 39.7 Å². The third-order valence-electron chi connectivity index (χ3n) is 7.21. The van der Waals surface area contributed by atoms with Gasteiger partial charge in [0.15, 0.2) is 11.2 Å². The number of carbonyl (C=O) groups is 2. The molecule has 0 amide bonds. The fraction of sp³-hybridized carbons (Fsp3) is 0.300. The lowest BCUT2D eigenvalue weighted by Crippen LogP contribution is -2.37. The average molecular weight is 550 g/mol. The van der Waals surface area contributed by atoms with Gasteiger partial charge in [-0.2, -0.15) is 0 Å². The maximum Gasteiger partial charge on any atom is 0.336 e. The van der Waals surface area contributed by atoms with Crippen LogP contribution in [0.25, 0.3) is 11.0 Å². The molecule has 0 bridgehead atoms. The second-order valence-electron chi connectivity index (χ2n) is 9.58. The number of esters is 1. The third-order valence-corrected chi connectivity index (χ3v) is 7.44. The first-order chi connectivity index (χ1) is 18.8. The Morgan fingerprint density at radius 2 is 1.92 bits per heavy atom. The highest BCUT2D eigenvalue weighted by Gasteiger charge is 2.43. The molecule has 1 aliphatic carbocycles. The van der Waals surface area contributed by atoms with Crippen LogP contribution in [0.4, 0.5) is 0 Å². The first-order valence-electron chi connectivity index (χ1n) is 12.6. The van der Waals surface area contributed by atoms with Crippen molar-refractivity contribution in [2.45, 2.75) is 31.6 Å². The zero-order valence-corrected chi connectivity index (χ0v) is 22.6. The molecule has 39 heavy (non-hydrogen) atoms. The van der Waals surface area contributed by atoms with Gasteiger partial charge in [-0.3, -0.25) is 9.59 Å². The van der Waals surface area contributed by atoms with Crippen molar-refractivity contribution in [1.29, 1.82) is 0 Å². The SMILES string of the molecule is COCCOC(=O)C1=C(C)NC2=C(C(=O)C[C@@H](c3cccc(OC)c3)C2)[C@@H]1c1coc2ccc(Cl)cc2c1=O. The molecule has 0 fully saturated rings. The van der Waals surface area contributed by atoms with Crippen LogP contribution in [0.3, 0.4) is 0 Å². The fourth-order valence-corrected chi connectivity index (χ4v) is 5.54. The van der Waals surface area contributed by atoms with Gasteiger partial charge in [-0.15, -0.1) is 0 Å². The van der Waals surface area contributed by atoms with Gasteiger partial charge in [0.05, 0.1) is 36.9 Å². The maximum atomic E-state index is 13.8. The minimum absolute atomic E-state index is 0.0263. The summed E-state index contributed by atoms with van der Waals surface area (Å²) in [6.45, 7) is 1.98. The summed E-state index contributed by atoms with van der Waals surface area (Å²) in [6, 6.07) is 12.4. The number of nitrogens with one attached hydrogen (secondary N) is 1. The Morgan fingerprint density at radius 3 is 2.69 bits per heavy atom. The molecule has 8 nitrogen and oxygen atoms in total.